The number of halogens is 1. The van der Waals surface area contributed by atoms with Crippen LogP contribution in [0.25, 0.3) is 11.0 Å². The first-order chi connectivity index (χ1) is 9.81. The van der Waals surface area contributed by atoms with E-state index < -0.39 is 0 Å². The molecule has 0 saturated carbocycles. The van der Waals surface area contributed by atoms with Gasteiger partial charge in [0.05, 0.1) is 17.7 Å². The van der Waals surface area contributed by atoms with E-state index in [1.807, 2.05) is 18.2 Å². The van der Waals surface area contributed by atoms with E-state index in [9.17, 15) is 0 Å². The number of hydrogen-bond donors (Lipinski definition) is 1. The van der Waals surface area contributed by atoms with E-state index in [2.05, 4.69) is 40.2 Å². The van der Waals surface area contributed by atoms with Gasteiger partial charge in [-0.05, 0) is 29.8 Å². The summed E-state index contributed by atoms with van der Waals surface area (Å²) in [5.74, 6) is 1.14. The van der Waals surface area contributed by atoms with Crippen LogP contribution in [0.2, 0.25) is 5.02 Å². The standard InChI is InChI=1S/C16H14ClN3/c17-12-7-5-11(6-8-12)14-9-16-19-13-3-1-2-4-15(13)20(16)10-18-14/h1-8,14,18H,9-10H2. The van der Waals surface area contributed by atoms with Gasteiger partial charge in [0.1, 0.15) is 5.82 Å². The maximum atomic E-state index is 5.95. The maximum absolute atomic E-state index is 5.95. The average Bonchev–Trinajstić information content (AvgIpc) is 2.85. The number of nitrogens with one attached hydrogen (secondary N) is 1. The number of nitrogens with zero attached hydrogens (tertiary/aromatic N) is 2. The molecule has 1 atom stereocenters. The quantitative estimate of drug-likeness (QED) is 0.740. The highest BCUT2D eigenvalue weighted by Crippen LogP contribution is 2.26. The predicted octanol–water partition coefficient (Wildman–Crippen LogP) is 3.53. The first kappa shape index (κ1) is 11.9. The van der Waals surface area contributed by atoms with Crippen molar-refractivity contribution < 1.29 is 0 Å². The lowest BCUT2D eigenvalue weighted by atomic mass is 10.0. The molecule has 1 aromatic heterocycles. The molecule has 0 bridgehead atoms. The largest absolute Gasteiger partial charge is 0.314 e. The molecule has 3 nitrogen and oxygen atoms in total. The van der Waals surface area contributed by atoms with Gasteiger partial charge in [-0.3, -0.25) is 5.32 Å². The van der Waals surface area contributed by atoms with Gasteiger partial charge < -0.3 is 4.57 Å². The van der Waals surface area contributed by atoms with E-state index in [1.165, 1.54) is 11.1 Å². The third kappa shape index (κ3) is 1.90. The molecule has 2 heterocycles. The van der Waals surface area contributed by atoms with Crippen molar-refractivity contribution in [3.8, 4) is 0 Å². The monoisotopic (exact) mass is 283 g/mol. The summed E-state index contributed by atoms with van der Waals surface area (Å²) in [7, 11) is 0. The fourth-order valence-corrected chi connectivity index (χ4v) is 2.97. The molecular weight excluding hydrogens is 270 g/mol. The number of para-hydroxylation sites is 2. The summed E-state index contributed by atoms with van der Waals surface area (Å²) < 4.78 is 2.25. The Morgan fingerprint density at radius 3 is 2.75 bits per heavy atom. The van der Waals surface area contributed by atoms with Crippen molar-refractivity contribution in [2.75, 3.05) is 0 Å². The van der Waals surface area contributed by atoms with Crippen molar-refractivity contribution >= 4 is 22.6 Å². The number of aromatic nitrogens is 2. The predicted molar refractivity (Wildman–Crippen MR) is 80.8 cm³/mol. The fourth-order valence-electron chi connectivity index (χ4n) is 2.84. The van der Waals surface area contributed by atoms with Crippen LogP contribution in [0.3, 0.4) is 0 Å². The molecular formula is C16H14ClN3. The molecule has 4 heteroatoms. The van der Waals surface area contributed by atoms with Gasteiger partial charge in [-0.15, -0.1) is 0 Å². The van der Waals surface area contributed by atoms with Gasteiger partial charge in [-0.2, -0.15) is 0 Å². The highest BCUT2D eigenvalue weighted by atomic mass is 35.5. The minimum Gasteiger partial charge on any atom is -0.314 e. The molecule has 3 aromatic rings. The third-order valence-corrected chi connectivity index (χ3v) is 4.14. The number of hydrogen-bond acceptors (Lipinski definition) is 2. The minimum absolute atomic E-state index is 0.302. The van der Waals surface area contributed by atoms with Crippen molar-refractivity contribution in [3.63, 3.8) is 0 Å². The summed E-state index contributed by atoms with van der Waals surface area (Å²) in [6.07, 6.45) is 0.899. The Morgan fingerprint density at radius 2 is 1.90 bits per heavy atom. The summed E-state index contributed by atoms with van der Waals surface area (Å²) in [6, 6.07) is 16.6. The number of imidazole rings is 1. The first-order valence-electron chi connectivity index (χ1n) is 6.74. The molecule has 100 valence electrons. The zero-order chi connectivity index (χ0) is 13.5. The zero-order valence-corrected chi connectivity index (χ0v) is 11.6. The van der Waals surface area contributed by atoms with Crippen LogP contribution in [0.5, 0.6) is 0 Å². The number of fused-ring (bicyclic) bond motifs is 3. The van der Waals surface area contributed by atoms with Crippen LogP contribution in [0.1, 0.15) is 17.4 Å². The van der Waals surface area contributed by atoms with Crippen molar-refractivity contribution in [2.45, 2.75) is 19.1 Å². The molecule has 0 saturated heterocycles. The first-order valence-corrected chi connectivity index (χ1v) is 7.12. The SMILES string of the molecule is Clc1ccc(C2Cc3nc4ccccc4n3CN2)cc1. The van der Waals surface area contributed by atoms with Crippen molar-refractivity contribution in [3.05, 3.63) is 64.9 Å². The zero-order valence-electron chi connectivity index (χ0n) is 10.9. The summed E-state index contributed by atoms with van der Waals surface area (Å²) in [6.45, 7) is 0.795. The second-order valence-electron chi connectivity index (χ2n) is 5.12. The summed E-state index contributed by atoms with van der Waals surface area (Å²) >= 11 is 5.95. The Labute approximate surface area is 122 Å². The maximum Gasteiger partial charge on any atom is 0.112 e. The van der Waals surface area contributed by atoms with E-state index in [1.54, 1.807) is 0 Å². The molecule has 0 fully saturated rings. The Kier molecular flexibility index (Phi) is 2.76. The van der Waals surface area contributed by atoms with Crippen LogP contribution in [0.4, 0.5) is 0 Å². The Bertz CT molecular complexity index is 761. The molecule has 1 N–H and O–H groups in total. The lowest BCUT2D eigenvalue weighted by Gasteiger charge is -2.25. The smallest absolute Gasteiger partial charge is 0.112 e. The molecule has 0 spiro atoms. The molecule has 0 amide bonds. The van der Waals surface area contributed by atoms with Gasteiger partial charge in [0.2, 0.25) is 0 Å². The van der Waals surface area contributed by atoms with Gasteiger partial charge in [0, 0.05) is 17.5 Å². The average molecular weight is 284 g/mol. The second kappa shape index (κ2) is 4.62. The Hall–Kier alpha value is -1.84. The van der Waals surface area contributed by atoms with Crippen LogP contribution in [0.15, 0.2) is 48.5 Å². The van der Waals surface area contributed by atoms with Gasteiger partial charge in [0.25, 0.3) is 0 Å². The highest BCUT2D eigenvalue weighted by Gasteiger charge is 2.22. The topological polar surface area (TPSA) is 29.9 Å². The van der Waals surface area contributed by atoms with Gasteiger partial charge in [-0.1, -0.05) is 35.9 Å². The molecule has 4 rings (SSSR count). The van der Waals surface area contributed by atoms with Crippen LogP contribution in [-0.4, -0.2) is 9.55 Å². The summed E-state index contributed by atoms with van der Waals surface area (Å²) in [5.41, 5.74) is 3.53. The van der Waals surface area contributed by atoms with E-state index in [-0.39, 0.29) is 0 Å². The van der Waals surface area contributed by atoms with Crippen LogP contribution >= 0.6 is 11.6 Å². The molecule has 0 radical (unpaired) electrons. The lowest BCUT2D eigenvalue weighted by Crippen LogP contribution is -2.32. The highest BCUT2D eigenvalue weighted by molar-refractivity contribution is 6.30. The summed E-state index contributed by atoms with van der Waals surface area (Å²) in [4.78, 5) is 4.74. The van der Waals surface area contributed by atoms with Crippen LogP contribution < -0.4 is 5.32 Å². The van der Waals surface area contributed by atoms with Crippen molar-refractivity contribution in [1.82, 2.24) is 14.9 Å². The second-order valence-corrected chi connectivity index (χ2v) is 5.55. The van der Waals surface area contributed by atoms with E-state index in [0.29, 0.717) is 6.04 Å². The van der Waals surface area contributed by atoms with Gasteiger partial charge in [0.15, 0.2) is 0 Å². The van der Waals surface area contributed by atoms with E-state index >= 15 is 0 Å². The molecule has 20 heavy (non-hydrogen) atoms. The number of benzene rings is 2. The molecule has 1 aliphatic rings. The fraction of sp³-hybridized carbons (Fsp3) is 0.188. The minimum atomic E-state index is 0.302. The third-order valence-electron chi connectivity index (χ3n) is 3.89. The van der Waals surface area contributed by atoms with Crippen LogP contribution in [-0.2, 0) is 13.1 Å². The van der Waals surface area contributed by atoms with Gasteiger partial charge >= 0.3 is 0 Å². The normalized spacial score (nSPS) is 18.1. The summed E-state index contributed by atoms with van der Waals surface area (Å²) in [5, 5.41) is 4.34. The molecule has 2 aromatic carbocycles. The Balaban J connectivity index is 1.71. The lowest BCUT2D eigenvalue weighted by molar-refractivity contribution is 0.402. The van der Waals surface area contributed by atoms with E-state index in [4.69, 9.17) is 16.6 Å². The van der Waals surface area contributed by atoms with Crippen LogP contribution in [0, 0.1) is 0 Å². The van der Waals surface area contributed by atoms with Crippen molar-refractivity contribution in [2.24, 2.45) is 0 Å². The van der Waals surface area contributed by atoms with E-state index in [0.717, 1.165) is 29.5 Å². The van der Waals surface area contributed by atoms with Gasteiger partial charge in [-0.25, -0.2) is 4.98 Å². The molecule has 1 unspecified atom stereocenters. The Morgan fingerprint density at radius 1 is 1.10 bits per heavy atom. The van der Waals surface area contributed by atoms with Crippen molar-refractivity contribution in [1.29, 1.82) is 0 Å². The number of rotatable bonds is 1. The molecule has 1 aliphatic heterocycles. The molecule has 0 aliphatic carbocycles.